The largest absolute Gasteiger partial charge is 0.461 e. The van der Waals surface area contributed by atoms with Gasteiger partial charge in [-0.25, -0.2) is 4.79 Å². The average molecular weight is 266 g/mol. The maximum absolute atomic E-state index is 11.6. The molecule has 6 heteroatoms. The number of carbonyl (C=O) groups is 1. The zero-order valence-electron chi connectivity index (χ0n) is 10.2. The first-order chi connectivity index (χ1) is 8.67. The molecule has 18 heavy (non-hydrogen) atoms. The van der Waals surface area contributed by atoms with E-state index in [2.05, 4.69) is 4.98 Å². The second kappa shape index (κ2) is 5.22. The topological polar surface area (TPSA) is 78.3 Å². The molecule has 0 unspecified atom stereocenters. The fourth-order valence-electron chi connectivity index (χ4n) is 1.58. The molecule has 0 aliphatic heterocycles. The van der Waals surface area contributed by atoms with Crippen LogP contribution in [0.2, 0.25) is 0 Å². The van der Waals surface area contributed by atoms with Crippen molar-refractivity contribution in [1.82, 2.24) is 4.98 Å². The van der Waals surface area contributed by atoms with E-state index in [-0.39, 0.29) is 18.2 Å². The zero-order valence-corrected chi connectivity index (χ0v) is 11.0. The number of carbonyl (C=O) groups excluding carboxylic acids is 1. The number of hydrogen-bond donors (Lipinski definition) is 1. The third-order valence-corrected chi connectivity index (χ3v) is 3.39. The number of nitrogen functional groups attached to an aromatic ring is 1. The van der Waals surface area contributed by atoms with Gasteiger partial charge in [-0.3, -0.25) is 0 Å². The lowest BCUT2D eigenvalue weighted by Crippen LogP contribution is -2.07. The Labute approximate surface area is 109 Å². The zero-order chi connectivity index (χ0) is 13.1. The first-order valence-electron chi connectivity index (χ1n) is 5.67. The minimum absolute atomic E-state index is 0.00102. The van der Waals surface area contributed by atoms with Crippen molar-refractivity contribution in [2.45, 2.75) is 20.3 Å². The Kier molecular flexibility index (Phi) is 3.66. The SMILES string of the molecule is CCOC(=O)c1nc(-c2sccc2CC)oc1N. The van der Waals surface area contributed by atoms with Gasteiger partial charge in [-0.15, -0.1) is 11.3 Å². The minimum Gasteiger partial charge on any atom is -0.461 e. The summed E-state index contributed by atoms with van der Waals surface area (Å²) in [5, 5.41) is 1.96. The summed E-state index contributed by atoms with van der Waals surface area (Å²) in [6.07, 6.45) is 0.871. The monoisotopic (exact) mass is 266 g/mol. The Balaban J connectivity index is 2.37. The Hall–Kier alpha value is -1.82. The first kappa shape index (κ1) is 12.6. The standard InChI is InChI=1S/C12H14N2O3S/c1-3-7-5-6-18-9(7)11-14-8(10(13)17-11)12(15)16-4-2/h5-6H,3-4,13H2,1-2H3. The van der Waals surface area contributed by atoms with Crippen molar-refractivity contribution in [2.75, 3.05) is 12.3 Å². The third-order valence-electron chi connectivity index (χ3n) is 2.44. The van der Waals surface area contributed by atoms with E-state index >= 15 is 0 Å². The number of nitrogens with two attached hydrogens (primary N) is 1. The summed E-state index contributed by atoms with van der Waals surface area (Å²) in [5.41, 5.74) is 6.81. The van der Waals surface area contributed by atoms with Crippen molar-refractivity contribution in [3.63, 3.8) is 0 Å². The highest BCUT2D eigenvalue weighted by molar-refractivity contribution is 7.13. The van der Waals surface area contributed by atoms with Crippen LogP contribution in [0.3, 0.4) is 0 Å². The first-order valence-corrected chi connectivity index (χ1v) is 6.55. The summed E-state index contributed by atoms with van der Waals surface area (Å²) in [4.78, 5) is 16.6. The molecule has 0 aliphatic carbocycles. The number of oxazole rings is 1. The van der Waals surface area contributed by atoms with E-state index in [1.807, 2.05) is 18.4 Å². The number of aryl methyl sites for hydroxylation is 1. The molecule has 2 aromatic rings. The van der Waals surface area contributed by atoms with Gasteiger partial charge in [0.2, 0.25) is 17.5 Å². The van der Waals surface area contributed by atoms with Crippen LogP contribution in [0, 0.1) is 0 Å². The van der Waals surface area contributed by atoms with Crippen molar-refractivity contribution in [1.29, 1.82) is 0 Å². The van der Waals surface area contributed by atoms with Gasteiger partial charge in [0.15, 0.2) is 0 Å². The molecule has 2 aromatic heterocycles. The Morgan fingerprint density at radius 3 is 3.00 bits per heavy atom. The Morgan fingerprint density at radius 2 is 2.33 bits per heavy atom. The molecule has 0 saturated heterocycles. The minimum atomic E-state index is -0.556. The summed E-state index contributed by atoms with van der Waals surface area (Å²) in [5.74, 6) is -0.180. The van der Waals surface area contributed by atoms with Gasteiger partial charge < -0.3 is 14.9 Å². The second-order valence-electron chi connectivity index (χ2n) is 3.58. The molecule has 0 spiro atoms. The Bertz CT molecular complexity index is 559. The van der Waals surface area contributed by atoms with Crippen LogP contribution in [-0.4, -0.2) is 17.6 Å². The highest BCUT2D eigenvalue weighted by atomic mass is 32.1. The van der Waals surface area contributed by atoms with Crippen LogP contribution in [0.4, 0.5) is 5.88 Å². The summed E-state index contributed by atoms with van der Waals surface area (Å²) < 4.78 is 10.2. The fourth-order valence-corrected chi connectivity index (χ4v) is 2.50. The van der Waals surface area contributed by atoms with Gasteiger partial charge in [0.05, 0.1) is 11.5 Å². The molecule has 0 bridgehead atoms. The normalized spacial score (nSPS) is 10.6. The van der Waals surface area contributed by atoms with Crippen LogP contribution in [0.5, 0.6) is 0 Å². The van der Waals surface area contributed by atoms with E-state index in [0.717, 1.165) is 16.9 Å². The van der Waals surface area contributed by atoms with Crippen molar-refractivity contribution < 1.29 is 13.9 Å². The number of thiophene rings is 1. The molecule has 0 amide bonds. The number of nitrogens with zero attached hydrogens (tertiary/aromatic N) is 1. The van der Waals surface area contributed by atoms with E-state index in [1.165, 1.54) is 11.3 Å². The molecule has 2 heterocycles. The van der Waals surface area contributed by atoms with Crippen molar-refractivity contribution in [3.05, 3.63) is 22.7 Å². The van der Waals surface area contributed by atoms with Gasteiger partial charge in [-0.2, -0.15) is 4.98 Å². The molecular weight excluding hydrogens is 252 g/mol. The van der Waals surface area contributed by atoms with Crippen LogP contribution in [0.25, 0.3) is 10.8 Å². The quantitative estimate of drug-likeness (QED) is 0.861. The van der Waals surface area contributed by atoms with Crippen molar-refractivity contribution >= 4 is 23.2 Å². The van der Waals surface area contributed by atoms with Crippen LogP contribution in [0.15, 0.2) is 15.9 Å². The molecule has 0 aliphatic rings. The number of anilines is 1. The van der Waals surface area contributed by atoms with Gasteiger partial charge in [0, 0.05) is 0 Å². The van der Waals surface area contributed by atoms with Gasteiger partial charge >= 0.3 is 5.97 Å². The summed E-state index contributed by atoms with van der Waals surface area (Å²) in [6.45, 7) is 4.05. The van der Waals surface area contributed by atoms with Gasteiger partial charge in [-0.1, -0.05) is 6.92 Å². The second-order valence-corrected chi connectivity index (χ2v) is 4.50. The highest BCUT2D eigenvalue weighted by Crippen LogP contribution is 2.31. The maximum atomic E-state index is 11.6. The highest BCUT2D eigenvalue weighted by Gasteiger charge is 2.21. The smallest absolute Gasteiger partial charge is 0.362 e. The lowest BCUT2D eigenvalue weighted by molar-refractivity contribution is 0.0521. The van der Waals surface area contributed by atoms with E-state index in [9.17, 15) is 4.79 Å². The fraction of sp³-hybridized carbons (Fsp3) is 0.333. The predicted molar refractivity (Wildman–Crippen MR) is 69.6 cm³/mol. The van der Waals surface area contributed by atoms with Crippen molar-refractivity contribution in [2.24, 2.45) is 0 Å². The number of aromatic nitrogens is 1. The van der Waals surface area contributed by atoms with Crippen LogP contribution in [-0.2, 0) is 11.2 Å². The summed E-state index contributed by atoms with van der Waals surface area (Å²) in [6, 6.07) is 2.00. The van der Waals surface area contributed by atoms with Crippen LogP contribution >= 0.6 is 11.3 Å². The predicted octanol–water partition coefficient (Wildman–Crippen LogP) is 2.72. The van der Waals surface area contributed by atoms with E-state index in [1.54, 1.807) is 6.92 Å². The number of rotatable bonds is 4. The lowest BCUT2D eigenvalue weighted by Gasteiger charge is -1.96. The molecule has 0 fully saturated rings. The molecule has 2 N–H and O–H groups in total. The number of esters is 1. The van der Waals surface area contributed by atoms with Gasteiger partial charge in [0.25, 0.3) is 0 Å². The third kappa shape index (κ3) is 2.24. The molecule has 0 aromatic carbocycles. The molecular formula is C12H14N2O3S. The summed E-state index contributed by atoms with van der Waals surface area (Å²) in [7, 11) is 0. The van der Waals surface area contributed by atoms with E-state index in [4.69, 9.17) is 14.9 Å². The molecule has 0 saturated carbocycles. The average Bonchev–Trinajstić information content (AvgIpc) is 2.94. The van der Waals surface area contributed by atoms with Gasteiger partial charge in [-0.05, 0) is 30.4 Å². The number of ether oxygens (including phenoxy) is 1. The molecule has 5 nitrogen and oxygen atoms in total. The van der Waals surface area contributed by atoms with Crippen molar-refractivity contribution in [3.8, 4) is 10.8 Å². The Morgan fingerprint density at radius 1 is 1.56 bits per heavy atom. The van der Waals surface area contributed by atoms with Crippen LogP contribution < -0.4 is 5.73 Å². The number of hydrogen-bond acceptors (Lipinski definition) is 6. The lowest BCUT2D eigenvalue weighted by atomic mass is 10.2. The van der Waals surface area contributed by atoms with Crippen LogP contribution in [0.1, 0.15) is 29.9 Å². The molecule has 0 atom stereocenters. The molecule has 0 radical (unpaired) electrons. The van der Waals surface area contributed by atoms with Gasteiger partial charge in [0.1, 0.15) is 0 Å². The maximum Gasteiger partial charge on any atom is 0.362 e. The molecule has 2 rings (SSSR count). The van der Waals surface area contributed by atoms with E-state index in [0.29, 0.717) is 5.89 Å². The summed E-state index contributed by atoms with van der Waals surface area (Å²) >= 11 is 1.51. The van der Waals surface area contributed by atoms with E-state index < -0.39 is 5.97 Å². The molecule has 96 valence electrons.